The maximum absolute atomic E-state index is 14.2. The highest BCUT2D eigenvalue weighted by atomic mass is 32.2. The van der Waals surface area contributed by atoms with Gasteiger partial charge in [-0.25, -0.2) is 0 Å². The van der Waals surface area contributed by atoms with Crippen LogP contribution in [0, 0.1) is 27.7 Å². The lowest BCUT2D eigenvalue weighted by Gasteiger charge is -2.31. The van der Waals surface area contributed by atoms with Gasteiger partial charge in [0.05, 0.1) is 16.1 Å². The van der Waals surface area contributed by atoms with E-state index >= 15 is 0 Å². The van der Waals surface area contributed by atoms with Crippen LogP contribution in [0.25, 0.3) is 32.7 Å². The molecule has 0 unspecified atom stereocenters. The number of fused-ring (bicyclic) bond motifs is 2. The summed E-state index contributed by atoms with van der Waals surface area (Å²) in [7, 11) is -11.7. The van der Waals surface area contributed by atoms with Crippen molar-refractivity contribution < 1.29 is 25.8 Å². The van der Waals surface area contributed by atoms with Crippen molar-refractivity contribution in [3.05, 3.63) is 119 Å². The molecular weight excluding hydrogens is 741 g/mol. The average molecular weight is 787 g/mol. The number of rotatable bonds is 8. The van der Waals surface area contributed by atoms with Gasteiger partial charge in [-0.15, -0.1) is 0 Å². The number of benzene rings is 6. The summed E-state index contributed by atoms with van der Waals surface area (Å²) < 4.78 is 74.2. The van der Waals surface area contributed by atoms with Crippen LogP contribution in [0.15, 0.2) is 97.1 Å². The number of hydrogen-bond donors (Lipinski definition) is 0. The van der Waals surface area contributed by atoms with E-state index in [4.69, 9.17) is 4.18 Å². The van der Waals surface area contributed by atoms with Crippen LogP contribution in [-0.4, -0.2) is 30.1 Å². The number of halogens is 3. The second-order valence-corrected chi connectivity index (χ2v) is 30.0. The minimum Gasteiger partial charge on any atom is -0.375 e. The fourth-order valence-electron chi connectivity index (χ4n) is 7.47. The van der Waals surface area contributed by atoms with E-state index in [2.05, 4.69) is 116 Å². The van der Waals surface area contributed by atoms with Crippen molar-refractivity contribution in [3.8, 4) is 16.9 Å². The van der Waals surface area contributed by atoms with E-state index in [1.807, 2.05) is 42.5 Å². The van der Waals surface area contributed by atoms with Crippen LogP contribution in [-0.2, 0) is 10.1 Å². The van der Waals surface area contributed by atoms with Crippen LogP contribution in [0.1, 0.15) is 22.3 Å². The van der Waals surface area contributed by atoms with Crippen molar-refractivity contribution in [2.24, 2.45) is 0 Å². The highest BCUT2D eigenvalue weighted by Crippen LogP contribution is 2.47. The maximum Gasteiger partial charge on any atom is 0.534 e. The van der Waals surface area contributed by atoms with E-state index in [1.165, 1.54) is 5.19 Å². The number of aryl methyl sites for hydroxylation is 4. The molecule has 276 valence electrons. The summed E-state index contributed by atoms with van der Waals surface area (Å²) in [5, 5.41) is 8.59. The molecule has 53 heavy (non-hydrogen) atoms. The van der Waals surface area contributed by atoms with Crippen molar-refractivity contribution in [3.63, 3.8) is 0 Å². The van der Waals surface area contributed by atoms with E-state index in [-0.39, 0.29) is 5.75 Å². The van der Waals surface area contributed by atoms with Crippen molar-refractivity contribution in [1.82, 2.24) is 0 Å². The molecular formula is C43H46F3O3PSSi2. The summed E-state index contributed by atoms with van der Waals surface area (Å²) in [4.78, 5) is 0. The van der Waals surface area contributed by atoms with Gasteiger partial charge in [0, 0.05) is 11.1 Å². The summed E-state index contributed by atoms with van der Waals surface area (Å²) in [6.07, 6.45) is 0. The van der Waals surface area contributed by atoms with Crippen molar-refractivity contribution in [2.75, 3.05) is 0 Å². The van der Waals surface area contributed by atoms with Crippen LogP contribution in [0.3, 0.4) is 0 Å². The van der Waals surface area contributed by atoms with Crippen LogP contribution in [0.2, 0.25) is 39.3 Å². The highest BCUT2D eigenvalue weighted by Gasteiger charge is 2.49. The minimum atomic E-state index is -6.03. The maximum atomic E-state index is 14.2. The zero-order valence-corrected chi connectivity index (χ0v) is 35.7. The fourth-order valence-corrected chi connectivity index (χ4v) is 14.1. The fraction of sp³-hybridized carbons (Fsp3) is 0.256. The third-order valence-corrected chi connectivity index (χ3v) is 17.0. The largest absolute Gasteiger partial charge is 0.534 e. The second-order valence-electron chi connectivity index (χ2n) is 16.2. The lowest BCUT2D eigenvalue weighted by molar-refractivity contribution is -0.0499. The molecule has 0 fully saturated rings. The zero-order chi connectivity index (χ0) is 38.8. The predicted octanol–water partition coefficient (Wildman–Crippen LogP) is 9.97. The first-order valence-electron chi connectivity index (χ1n) is 17.7. The van der Waals surface area contributed by atoms with Gasteiger partial charge in [-0.2, -0.15) is 21.6 Å². The van der Waals surface area contributed by atoms with E-state index in [9.17, 15) is 21.6 Å². The molecule has 0 atom stereocenters. The smallest absolute Gasteiger partial charge is 0.375 e. The SMILES string of the molecule is Cc1cc(C)cc(P(c2cc(C)cc(C)c2)c2cc([Si](C)(C)C)c3ccccc3c2-c2c(OS(=O)(=O)C(F)(F)F)cc([Si](C)(C)C)c3ccccc23)c1. The molecule has 0 spiro atoms. The molecule has 3 nitrogen and oxygen atoms in total. The van der Waals surface area contributed by atoms with Gasteiger partial charge in [-0.1, -0.05) is 158 Å². The quantitative estimate of drug-likeness (QED) is 0.0668. The van der Waals surface area contributed by atoms with Gasteiger partial charge in [-0.3, -0.25) is 0 Å². The average Bonchev–Trinajstić information content (AvgIpc) is 3.02. The summed E-state index contributed by atoms with van der Waals surface area (Å²) in [5.74, 6) is -0.304. The first-order valence-corrected chi connectivity index (χ1v) is 27.4. The Kier molecular flexibility index (Phi) is 10.2. The van der Waals surface area contributed by atoms with Gasteiger partial charge in [-0.05, 0) is 84.3 Å². The van der Waals surface area contributed by atoms with Crippen molar-refractivity contribution >= 4 is 82.0 Å². The number of hydrogen-bond acceptors (Lipinski definition) is 3. The van der Waals surface area contributed by atoms with Gasteiger partial charge < -0.3 is 4.18 Å². The molecule has 6 aromatic rings. The molecule has 0 N–H and O–H groups in total. The Morgan fingerprint density at radius 2 is 0.925 bits per heavy atom. The summed E-state index contributed by atoms with van der Waals surface area (Å²) >= 11 is 0. The first kappa shape index (κ1) is 39.0. The number of alkyl halides is 3. The lowest BCUT2D eigenvalue weighted by atomic mass is 9.93. The zero-order valence-electron chi connectivity index (χ0n) is 32.0. The van der Waals surface area contributed by atoms with E-state index in [1.54, 1.807) is 6.07 Å². The first-order chi connectivity index (χ1) is 24.6. The second kappa shape index (κ2) is 13.8. The van der Waals surface area contributed by atoms with Crippen LogP contribution in [0.5, 0.6) is 5.75 Å². The van der Waals surface area contributed by atoms with Gasteiger partial charge in [0.1, 0.15) is 0 Å². The van der Waals surface area contributed by atoms with Gasteiger partial charge in [0.25, 0.3) is 0 Å². The molecule has 0 amide bonds. The molecule has 6 aromatic carbocycles. The molecule has 0 aliphatic carbocycles. The minimum absolute atomic E-state index is 0.304. The standard InChI is InChI=1S/C43H46F3O3PSSi2/c1-27-19-28(2)22-31(21-27)50(32-23-29(3)20-30(4)24-32)38-26-40(53(8,9)10)34-16-12-14-18-36(34)42(38)41-35-17-13-11-15-33(35)39(52(5,6)7)25-37(41)49-51(47,48)43(44,45)46/h11-26H,1-10H3. The Morgan fingerprint density at radius 3 is 1.32 bits per heavy atom. The predicted molar refractivity (Wildman–Crippen MR) is 226 cm³/mol. The van der Waals surface area contributed by atoms with E-state index in [0.717, 1.165) is 59.5 Å². The Labute approximate surface area is 315 Å². The van der Waals surface area contributed by atoms with Crippen LogP contribution >= 0.6 is 7.92 Å². The molecule has 0 aliphatic heterocycles. The lowest BCUT2D eigenvalue weighted by Crippen LogP contribution is -2.41. The summed E-state index contributed by atoms with van der Waals surface area (Å²) in [6.45, 7) is 21.5. The molecule has 0 saturated heterocycles. The Morgan fingerprint density at radius 1 is 0.547 bits per heavy atom. The molecule has 6 rings (SSSR count). The molecule has 10 heteroatoms. The molecule has 0 radical (unpaired) electrons. The summed E-state index contributed by atoms with van der Waals surface area (Å²) in [5.41, 5.74) is -0.149. The van der Waals surface area contributed by atoms with Gasteiger partial charge in [0.2, 0.25) is 0 Å². The van der Waals surface area contributed by atoms with Gasteiger partial charge in [0.15, 0.2) is 5.75 Å². The van der Waals surface area contributed by atoms with Crippen molar-refractivity contribution in [1.29, 1.82) is 0 Å². The monoisotopic (exact) mass is 786 g/mol. The molecule has 0 heterocycles. The highest BCUT2D eigenvalue weighted by molar-refractivity contribution is 7.88. The van der Waals surface area contributed by atoms with Crippen LogP contribution in [0.4, 0.5) is 13.2 Å². The molecule has 0 aliphatic rings. The molecule has 0 saturated carbocycles. The molecule has 0 aromatic heterocycles. The third-order valence-electron chi connectivity index (χ3n) is 9.55. The topological polar surface area (TPSA) is 43.4 Å². The summed E-state index contributed by atoms with van der Waals surface area (Å²) in [6, 6.07) is 32.7. The van der Waals surface area contributed by atoms with E-state index in [0.29, 0.717) is 16.5 Å². The Bertz CT molecular complexity index is 2430. The van der Waals surface area contributed by atoms with Crippen molar-refractivity contribution in [2.45, 2.75) is 72.5 Å². The Hall–Kier alpha value is -3.76. The van der Waals surface area contributed by atoms with Gasteiger partial charge >= 0.3 is 15.6 Å². The normalized spacial score (nSPS) is 12.9. The molecule has 0 bridgehead atoms. The third kappa shape index (κ3) is 7.63. The van der Waals surface area contributed by atoms with E-state index < -0.39 is 39.7 Å². The van der Waals surface area contributed by atoms with Crippen LogP contribution < -0.4 is 30.5 Å². The Balaban J connectivity index is 1.92.